The third-order valence-electron chi connectivity index (χ3n) is 8.52. The maximum Gasteiger partial charge on any atom is 0.255 e. The van der Waals surface area contributed by atoms with Crippen molar-refractivity contribution in [1.29, 1.82) is 0 Å². The van der Waals surface area contributed by atoms with E-state index in [9.17, 15) is 39.9 Å². The lowest BCUT2D eigenvalue weighted by atomic mass is 9.55. The predicted molar refractivity (Wildman–Crippen MR) is 132 cm³/mol. The fraction of sp³-hybridized carbons (Fsp3) is 0.444. The van der Waals surface area contributed by atoms with Crippen molar-refractivity contribution >= 4 is 23.0 Å². The highest BCUT2D eigenvalue weighted by Crippen LogP contribution is 2.56. The van der Waals surface area contributed by atoms with Crippen LogP contribution >= 0.6 is 0 Å². The number of aliphatic hydroxyl groups excluding tert-OH is 3. The maximum atomic E-state index is 13.9. The standard InChI is InChI=1S/C27H30N2O8/c1-10-12-8-9-13(11-6-4-5-7-11)20(30)15(12)21(31)16-14(10)22(32)18-19(29(2)3)23(33)17(26(28)36)25(35)27(18,37)24(16)34/h6,8-10,14,18-19,22,30,32-34,37H,4-5,7H2,1-3H3,(H2,28,36)/t10-,14?,18?,19-,22-,27-/m0/s1. The van der Waals surface area contributed by atoms with Gasteiger partial charge < -0.3 is 31.3 Å². The summed E-state index contributed by atoms with van der Waals surface area (Å²) in [6, 6.07) is 2.17. The molecular formula is C27H30N2O8. The summed E-state index contributed by atoms with van der Waals surface area (Å²) in [4.78, 5) is 40.8. The van der Waals surface area contributed by atoms with Crippen molar-refractivity contribution in [3.05, 3.63) is 57.6 Å². The Kier molecular flexibility index (Phi) is 5.63. The van der Waals surface area contributed by atoms with Crippen LogP contribution in [0.15, 0.2) is 40.9 Å². The van der Waals surface area contributed by atoms with Gasteiger partial charge in [-0.3, -0.25) is 19.3 Å². The molecule has 7 N–H and O–H groups in total. The predicted octanol–water partition coefficient (Wildman–Crippen LogP) is 1.22. The van der Waals surface area contributed by atoms with Gasteiger partial charge in [-0.05, 0) is 50.4 Å². The van der Waals surface area contributed by atoms with E-state index in [1.165, 1.54) is 19.0 Å². The molecule has 0 bridgehead atoms. The van der Waals surface area contributed by atoms with Crippen molar-refractivity contribution in [2.75, 3.05) is 14.1 Å². The van der Waals surface area contributed by atoms with E-state index < -0.39 is 75.6 Å². The molecule has 0 heterocycles. The molecule has 0 spiro atoms. The molecule has 37 heavy (non-hydrogen) atoms. The maximum absolute atomic E-state index is 13.9. The van der Waals surface area contributed by atoms with Crippen LogP contribution in [0.3, 0.4) is 0 Å². The number of amides is 1. The number of aromatic hydroxyl groups is 1. The summed E-state index contributed by atoms with van der Waals surface area (Å²) in [5.41, 5.74) is 2.89. The zero-order valence-corrected chi connectivity index (χ0v) is 20.7. The molecule has 0 aromatic heterocycles. The first-order valence-corrected chi connectivity index (χ1v) is 12.2. The number of likely N-dealkylation sites (N-methyl/N-ethyl adjacent to an activating group) is 1. The summed E-state index contributed by atoms with van der Waals surface area (Å²) in [7, 11) is 3.00. The first kappa shape index (κ1) is 25.2. The number of carbonyl (C=O) groups excluding carboxylic acids is 3. The lowest BCUT2D eigenvalue weighted by Crippen LogP contribution is -2.68. The largest absolute Gasteiger partial charge is 0.510 e. The van der Waals surface area contributed by atoms with E-state index in [1.54, 1.807) is 19.1 Å². The van der Waals surface area contributed by atoms with Crippen molar-refractivity contribution in [2.45, 2.75) is 49.9 Å². The number of benzene rings is 1. The topological polar surface area (TPSA) is 182 Å². The zero-order valence-electron chi connectivity index (χ0n) is 20.7. The number of phenolic OH excluding ortho intramolecular Hbond substituents is 1. The highest BCUT2D eigenvalue weighted by molar-refractivity contribution is 6.25. The van der Waals surface area contributed by atoms with E-state index >= 15 is 0 Å². The minimum Gasteiger partial charge on any atom is -0.510 e. The van der Waals surface area contributed by atoms with Gasteiger partial charge in [-0.25, -0.2) is 0 Å². The highest BCUT2D eigenvalue weighted by Gasteiger charge is 2.67. The molecule has 5 rings (SSSR count). The summed E-state index contributed by atoms with van der Waals surface area (Å²) in [5.74, 6) is -8.77. The van der Waals surface area contributed by atoms with E-state index in [0.29, 0.717) is 11.1 Å². The number of hydrogen-bond donors (Lipinski definition) is 6. The number of hydrogen-bond acceptors (Lipinski definition) is 9. The van der Waals surface area contributed by atoms with Crippen LogP contribution in [0.25, 0.3) is 5.57 Å². The van der Waals surface area contributed by atoms with Crippen LogP contribution in [0.1, 0.15) is 53.6 Å². The van der Waals surface area contributed by atoms with Gasteiger partial charge in [0.1, 0.15) is 22.8 Å². The van der Waals surface area contributed by atoms with Gasteiger partial charge in [0, 0.05) is 17.1 Å². The molecule has 0 radical (unpaired) electrons. The minimum atomic E-state index is -2.91. The molecule has 6 atom stereocenters. The molecule has 0 saturated carbocycles. The molecule has 196 valence electrons. The normalized spacial score (nSPS) is 33.4. The number of allylic oxidation sites excluding steroid dienone is 2. The smallest absolute Gasteiger partial charge is 0.255 e. The Hall–Kier alpha value is -3.47. The summed E-state index contributed by atoms with van der Waals surface area (Å²) < 4.78 is 0. The molecule has 10 heteroatoms. The number of nitrogens with two attached hydrogens (primary N) is 1. The Morgan fingerprint density at radius 3 is 2.41 bits per heavy atom. The first-order chi connectivity index (χ1) is 17.3. The SMILES string of the molecule is C[C@H]1c2ccc(C3=CCCC3)c(O)c2C(=O)C2=C(O)[C@]3(O)C(=O)C(C(N)=O)=C(O)[C@@H](N(C)C)C3[C@@H](O)C21. The molecule has 4 aliphatic carbocycles. The van der Waals surface area contributed by atoms with Crippen molar-refractivity contribution in [1.82, 2.24) is 4.90 Å². The zero-order chi connectivity index (χ0) is 27.1. The molecule has 0 fully saturated rings. The third-order valence-corrected chi connectivity index (χ3v) is 8.52. The Bertz CT molecular complexity index is 1360. The Labute approximate surface area is 213 Å². The van der Waals surface area contributed by atoms with E-state index in [-0.39, 0.29) is 11.3 Å². The summed E-state index contributed by atoms with van der Waals surface area (Å²) in [6.07, 6.45) is 2.89. The summed E-state index contributed by atoms with van der Waals surface area (Å²) >= 11 is 0. The van der Waals surface area contributed by atoms with E-state index in [2.05, 4.69) is 0 Å². The van der Waals surface area contributed by atoms with Crippen molar-refractivity contribution in [3.63, 3.8) is 0 Å². The summed E-state index contributed by atoms with van der Waals surface area (Å²) in [5, 5.41) is 56.8. The van der Waals surface area contributed by atoms with Crippen molar-refractivity contribution in [2.24, 2.45) is 17.6 Å². The Morgan fingerprint density at radius 1 is 1.16 bits per heavy atom. The lowest BCUT2D eigenvalue weighted by molar-refractivity contribution is -0.162. The van der Waals surface area contributed by atoms with Gasteiger partial charge in [0.05, 0.1) is 23.6 Å². The molecule has 0 aliphatic heterocycles. The quantitative estimate of drug-likeness (QED) is 0.326. The lowest BCUT2D eigenvalue weighted by Gasteiger charge is -2.53. The van der Waals surface area contributed by atoms with Gasteiger partial charge in [-0.15, -0.1) is 0 Å². The van der Waals surface area contributed by atoms with Crippen LogP contribution in [0.2, 0.25) is 0 Å². The van der Waals surface area contributed by atoms with Gasteiger partial charge >= 0.3 is 0 Å². The number of phenols is 1. The number of Topliss-reactive ketones (excluding diaryl/α,β-unsaturated/α-hetero) is 2. The monoisotopic (exact) mass is 510 g/mol. The van der Waals surface area contributed by atoms with Crippen LogP contribution in [0.5, 0.6) is 5.75 Å². The van der Waals surface area contributed by atoms with E-state index in [1.807, 2.05) is 6.08 Å². The molecule has 4 aliphatic rings. The second-order valence-electron chi connectivity index (χ2n) is 10.6. The average molecular weight is 511 g/mol. The second-order valence-corrected chi connectivity index (χ2v) is 10.6. The molecule has 1 amide bonds. The fourth-order valence-electron chi connectivity index (χ4n) is 6.80. The van der Waals surface area contributed by atoms with Gasteiger partial charge in [-0.2, -0.15) is 0 Å². The second kappa shape index (κ2) is 8.27. The van der Waals surface area contributed by atoms with Crippen LogP contribution in [0, 0.1) is 11.8 Å². The minimum absolute atomic E-state index is 0.0641. The number of carbonyl (C=O) groups is 3. The number of rotatable bonds is 3. The van der Waals surface area contributed by atoms with Gasteiger partial charge in [0.25, 0.3) is 5.91 Å². The molecule has 2 unspecified atom stereocenters. The van der Waals surface area contributed by atoms with Crippen molar-refractivity contribution in [3.8, 4) is 5.75 Å². The number of aliphatic hydroxyl groups is 4. The highest BCUT2D eigenvalue weighted by atomic mass is 16.4. The van der Waals surface area contributed by atoms with E-state index in [0.717, 1.165) is 24.8 Å². The van der Waals surface area contributed by atoms with Crippen LogP contribution in [0.4, 0.5) is 0 Å². The number of fused-ring (bicyclic) bond motifs is 3. The first-order valence-electron chi connectivity index (χ1n) is 12.2. The molecule has 0 saturated heterocycles. The number of primary amides is 1. The van der Waals surface area contributed by atoms with Gasteiger partial charge in [0.2, 0.25) is 5.78 Å². The number of ketones is 2. The molecular weight excluding hydrogens is 480 g/mol. The van der Waals surface area contributed by atoms with Crippen LogP contribution in [-0.2, 0) is 9.59 Å². The van der Waals surface area contributed by atoms with Gasteiger partial charge in [-0.1, -0.05) is 25.1 Å². The van der Waals surface area contributed by atoms with Gasteiger partial charge in [0.15, 0.2) is 11.4 Å². The third kappa shape index (κ3) is 3.12. The van der Waals surface area contributed by atoms with E-state index in [4.69, 9.17) is 5.73 Å². The number of nitrogens with zero attached hydrogens (tertiary/aromatic N) is 1. The Balaban J connectivity index is 1.77. The molecule has 1 aromatic rings. The molecule has 1 aromatic carbocycles. The van der Waals surface area contributed by atoms with Crippen LogP contribution < -0.4 is 5.73 Å². The summed E-state index contributed by atoms with van der Waals surface area (Å²) in [6.45, 7) is 1.71. The Morgan fingerprint density at radius 2 is 1.84 bits per heavy atom. The van der Waals surface area contributed by atoms with Crippen molar-refractivity contribution < 1.29 is 39.9 Å². The molecule has 10 nitrogen and oxygen atoms in total. The van der Waals surface area contributed by atoms with Crippen LogP contribution in [-0.4, -0.2) is 79.7 Å². The average Bonchev–Trinajstić information content (AvgIpc) is 3.35. The fourth-order valence-corrected chi connectivity index (χ4v) is 6.80.